The maximum atomic E-state index is 12.7. The Kier molecular flexibility index (Phi) is 5.01. The molecule has 2 heterocycles. The number of methoxy groups -OCH3 is 1. The number of rotatable bonds is 4. The zero-order valence-corrected chi connectivity index (χ0v) is 14.6. The van der Waals surface area contributed by atoms with Crippen molar-refractivity contribution in [1.82, 2.24) is 20.2 Å². The highest BCUT2D eigenvalue weighted by atomic mass is 16.5. The quantitative estimate of drug-likeness (QED) is 0.831. The monoisotopic (exact) mass is 356 g/mol. The van der Waals surface area contributed by atoms with E-state index in [0.717, 1.165) is 17.5 Å². The van der Waals surface area contributed by atoms with Crippen LogP contribution in [0.4, 0.5) is 0 Å². The Morgan fingerprint density at radius 3 is 2.58 bits per heavy atom. The van der Waals surface area contributed by atoms with Crippen LogP contribution in [-0.4, -0.2) is 52.9 Å². The van der Waals surface area contributed by atoms with Crippen LogP contribution >= 0.6 is 0 Å². The van der Waals surface area contributed by atoms with Crippen LogP contribution in [-0.2, 0) is 4.79 Å². The summed E-state index contributed by atoms with van der Waals surface area (Å²) in [6.07, 6.45) is 2.38. The highest BCUT2D eigenvalue weighted by molar-refractivity contribution is 5.92. The van der Waals surface area contributed by atoms with E-state index in [1.54, 1.807) is 12.0 Å². The largest absolute Gasteiger partial charge is 0.497 e. The van der Waals surface area contributed by atoms with Gasteiger partial charge in [-0.15, -0.1) is 0 Å². The smallest absolute Gasteiger partial charge is 0.274 e. The fraction of sp³-hybridized carbons (Fsp3) is 0.333. The van der Waals surface area contributed by atoms with Gasteiger partial charge in [-0.1, -0.05) is 12.1 Å². The first kappa shape index (κ1) is 17.7. The summed E-state index contributed by atoms with van der Waals surface area (Å²) in [5.41, 5.74) is 0.811. The molecule has 3 rings (SSSR count). The maximum absolute atomic E-state index is 12.7. The van der Waals surface area contributed by atoms with Crippen molar-refractivity contribution in [3.05, 3.63) is 58.3 Å². The van der Waals surface area contributed by atoms with Gasteiger partial charge in [0.1, 0.15) is 11.4 Å². The third-order valence-corrected chi connectivity index (χ3v) is 4.43. The highest BCUT2D eigenvalue weighted by Crippen LogP contribution is 2.29. The average molecular weight is 356 g/mol. The molecule has 1 aliphatic heterocycles. The van der Waals surface area contributed by atoms with Crippen LogP contribution in [0.15, 0.2) is 41.5 Å². The van der Waals surface area contributed by atoms with Crippen molar-refractivity contribution in [2.75, 3.05) is 20.2 Å². The second kappa shape index (κ2) is 7.38. The van der Waals surface area contributed by atoms with E-state index in [9.17, 15) is 14.4 Å². The summed E-state index contributed by atoms with van der Waals surface area (Å²) >= 11 is 0. The van der Waals surface area contributed by atoms with Gasteiger partial charge in [-0.05, 0) is 17.7 Å². The first-order valence-electron chi connectivity index (χ1n) is 8.23. The Bertz CT molecular complexity index is 842. The Hall–Kier alpha value is -3.16. The lowest BCUT2D eigenvalue weighted by Crippen LogP contribution is -2.39. The predicted molar refractivity (Wildman–Crippen MR) is 94.1 cm³/mol. The Morgan fingerprint density at radius 2 is 2.00 bits per heavy atom. The Morgan fingerprint density at radius 1 is 1.27 bits per heavy atom. The van der Waals surface area contributed by atoms with Crippen molar-refractivity contribution in [3.63, 3.8) is 0 Å². The molecule has 2 amide bonds. The fourth-order valence-electron chi connectivity index (χ4n) is 3.19. The number of nitrogens with one attached hydrogen (secondary N) is 2. The predicted octanol–water partition coefficient (Wildman–Crippen LogP) is 0.523. The minimum absolute atomic E-state index is 0.0449. The van der Waals surface area contributed by atoms with Crippen molar-refractivity contribution in [1.29, 1.82) is 0 Å². The molecule has 0 radical (unpaired) electrons. The van der Waals surface area contributed by atoms with E-state index in [4.69, 9.17) is 4.74 Å². The molecule has 0 unspecified atom stereocenters. The molecule has 8 heteroatoms. The molecule has 8 nitrogen and oxygen atoms in total. The van der Waals surface area contributed by atoms with Crippen LogP contribution in [0, 0.1) is 0 Å². The summed E-state index contributed by atoms with van der Waals surface area (Å²) < 4.78 is 5.18. The van der Waals surface area contributed by atoms with E-state index >= 15 is 0 Å². The average Bonchev–Trinajstić information content (AvgIpc) is 3.05. The number of carbonyl (C=O) groups is 2. The van der Waals surface area contributed by atoms with E-state index in [1.165, 1.54) is 13.1 Å². The van der Waals surface area contributed by atoms with Crippen LogP contribution in [0.2, 0.25) is 0 Å². The number of H-pyrrole nitrogens is 1. The lowest BCUT2D eigenvalue weighted by molar-refractivity contribution is -0.119. The van der Waals surface area contributed by atoms with Crippen LogP contribution < -0.4 is 15.6 Å². The molecule has 1 aliphatic rings. The lowest BCUT2D eigenvalue weighted by Gasteiger charge is -2.19. The third-order valence-electron chi connectivity index (χ3n) is 4.43. The molecule has 2 N–H and O–H groups in total. The molecule has 0 spiro atoms. The molecule has 1 saturated heterocycles. The maximum Gasteiger partial charge on any atom is 0.274 e. The summed E-state index contributed by atoms with van der Waals surface area (Å²) in [5.74, 6) is 0.266. The van der Waals surface area contributed by atoms with E-state index in [2.05, 4.69) is 15.3 Å². The zero-order valence-electron chi connectivity index (χ0n) is 14.6. The second-order valence-corrected chi connectivity index (χ2v) is 6.19. The van der Waals surface area contributed by atoms with Gasteiger partial charge in [-0.3, -0.25) is 14.4 Å². The van der Waals surface area contributed by atoms with Gasteiger partial charge in [-0.2, -0.15) is 0 Å². The number of nitrogens with zero attached hydrogens (tertiary/aromatic N) is 2. The molecule has 136 valence electrons. The fourth-order valence-corrected chi connectivity index (χ4v) is 3.19. The van der Waals surface area contributed by atoms with Gasteiger partial charge < -0.3 is 19.9 Å². The summed E-state index contributed by atoms with van der Waals surface area (Å²) in [4.78, 5) is 43.4. The molecule has 2 atom stereocenters. The number of carbonyl (C=O) groups excluding carboxylic acids is 2. The van der Waals surface area contributed by atoms with Crippen LogP contribution in [0.1, 0.15) is 28.9 Å². The van der Waals surface area contributed by atoms with Crippen LogP contribution in [0.3, 0.4) is 0 Å². The van der Waals surface area contributed by atoms with Gasteiger partial charge in [0.25, 0.3) is 11.5 Å². The summed E-state index contributed by atoms with van der Waals surface area (Å²) in [5, 5.41) is 2.92. The van der Waals surface area contributed by atoms with Gasteiger partial charge in [0.2, 0.25) is 5.91 Å². The van der Waals surface area contributed by atoms with Crippen molar-refractivity contribution in [2.45, 2.75) is 18.9 Å². The molecule has 0 bridgehead atoms. The first-order chi connectivity index (χ1) is 12.5. The van der Waals surface area contributed by atoms with Crippen molar-refractivity contribution in [3.8, 4) is 5.75 Å². The van der Waals surface area contributed by atoms with E-state index < -0.39 is 0 Å². The molecular weight excluding hydrogens is 336 g/mol. The molecular formula is C18H20N4O4. The standard InChI is InChI=1S/C18H20N4O4/c1-11(23)21-16-10-22(18(25)15-7-20-17(24)8-19-15)9-14(16)12-3-5-13(26-2)6-4-12/h3-8,14,16H,9-10H2,1-2H3,(H,20,24)(H,21,23)/t14-,16+/m0/s1. The zero-order chi connectivity index (χ0) is 18.7. The van der Waals surface area contributed by atoms with Gasteiger partial charge >= 0.3 is 0 Å². The molecule has 1 fully saturated rings. The topological polar surface area (TPSA) is 104 Å². The van der Waals surface area contributed by atoms with E-state index in [1.807, 2.05) is 24.3 Å². The summed E-state index contributed by atoms with van der Waals surface area (Å²) in [7, 11) is 1.60. The van der Waals surface area contributed by atoms with Crippen molar-refractivity contribution in [2.24, 2.45) is 0 Å². The number of aromatic nitrogens is 2. The summed E-state index contributed by atoms with van der Waals surface area (Å²) in [6.45, 7) is 2.27. The number of hydrogen-bond donors (Lipinski definition) is 2. The van der Waals surface area contributed by atoms with Crippen LogP contribution in [0.25, 0.3) is 0 Å². The molecule has 0 saturated carbocycles. The Balaban J connectivity index is 1.83. The summed E-state index contributed by atoms with van der Waals surface area (Å²) in [6, 6.07) is 7.38. The van der Waals surface area contributed by atoms with E-state index in [0.29, 0.717) is 13.1 Å². The normalized spacial score (nSPS) is 19.2. The number of benzene rings is 1. The third kappa shape index (κ3) is 3.74. The van der Waals surface area contributed by atoms with Gasteiger partial charge in [0.15, 0.2) is 0 Å². The minimum atomic E-state index is -0.366. The van der Waals surface area contributed by atoms with E-state index in [-0.39, 0.29) is 35.0 Å². The molecule has 0 aliphatic carbocycles. The van der Waals surface area contributed by atoms with Crippen molar-refractivity contribution >= 4 is 11.8 Å². The number of amides is 2. The van der Waals surface area contributed by atoms with Gasteiger partial charge in [0.05, 0.1) is 19.3 Å². The number of aromatic amines is 1. The number of ether oxygens (including phenoxy) is 1. The lowest BCUT2D eigenvalue weighted by atomic mass is 9.94. The number of likely N-dealkylation sites (tertiary alicyclic amines) is 1. The minimum Gasteiger partial charge on any atom is -0.497 e. The van der Waals surface area contributed by atoms with Gasteiger partial charge in [-0.25, -0.2) is 4.98 Å². The van der Waals surface area contributed by atoms with Crippen LogP contribution in [0.5, 0.6) is 5.75 Å². The molecule has 26 heavy (non-hydrogen) atoms. The highest BCUT2D eigenvalue weighted by Gasteiger charge is 2.37. The molecule has 1 aromatic carbocycles. The Labute approximate surface area is 150 Å². The second-order valence-electron chi connectivity index (χ2n) is 6.19. The SMILES string of the molecule is COc1ccc([C@@H]2CN(C(=O)c3c[nH]c(=O)cn3)C[C@H]2NC(C)=O)cc1. The molecule has 2 aromatic rings. The van der Waals surface area contributed by atoms with Crippen molar-refractivity contribution < 1.29 is 14.3 Å². The molecule has 1 aromatic heterocycles. The van der Waals surface area contributed by atoms with Gasteiger partial charge in [0, 0.05) is 32.1 Å². The first-order valence-corrected chi connectivity index (χ1v) is 8.23. The number of hydrogen-bond acceptors (Lipinski definition) is 5.